The largest absolute Gasteiger partial charge is 0.478 e. The third-order valence-corrected chi connectivity index (χ3v) is 2.54. The van der Waals surface area contributed by atoms with Crippen LogP contribution in [0, 0.1) is 6.92 Å². The lowest BCUT2D eigenvalue weighted by atomic mass is 10.2. The fraction of sp³-hybridized carbons (Fsp3) is 0.667. The van der Waals surface area contributed by atoms with Gasteiger partial charge in [-0.3, -0.25) is 0 Å². The normalized spacial score (nSPS) is 12.2. The molecule has 1 heterocycles. The maximum absolute atomic E-state index is 5.58. The lowest BCUT2D eigenvalue weighted by Crippen LogP contribution is -2.28. The molecule has 0 saturated heterocycles. The van der Waals surface area contributed by atoms with Crippen LogP contribution in [0.25, 0.3) is 0 Å². The van der Waals surface area contributed by atoms with Crippen LogP contribution in [0.5, 0.6) is 5.88 Å². The number of anilines is 1. The first-order valence-corrected chi connectivity index (χ1v) is 6.12. The molecule has 6 heteroatoms. The van der Waals surface area contributed by atoms with Gasteiger partial charge in [0.05, 0.1) is 24.8 Å². The first kappa shape index (κ1) is 14.7. The number of rotatable bonds is 8. The highest BCUT2D eigenvalue weighted by atomic mass is 16.5. The summed E-state index contributed by atoms with van der Waals surface area (Å²) in [5.74, 6) is 1.38. The van der Waals surface area contributed by atoms with Gasteiger partial charge in [-0.1, -0.05) is 0 Å². The molecular weight excluding hydrogens is 232 g/mol. The summed E-state index contributed by atoms with van der Waals surface area (Å²) in [4.78, 5) is 8.33. The van der Waals surface area contributed by atoms with Crippen LogP contribution in [0.3, 0.4) is 0 Å². The molecule has 1 atom stereocenters. The standard InChI is InChI=1S/C12H22N4O2/c1-4-18-12-9(2)11(14-8-15-12)16-10(5-6-13)7-17-3/h8,10H,4-7,13H2,1-3H3,(H,14,15,16). The second-order valence-corrected chi connectivity index (χ2v) is 3.96. The third kappa shape index (κ3) is 4.12. The second-order valence-electron chi connectivity index (χ2n) is 3.96. The molecule has 102 valence electrons. The molecule has 6 nitrogen and oxygen atoms in total. The molecule has 0 amide bonds. The minimum atomic E-state index is 0.142. The van der Waals surface area contributed by atoms with Crippen molar-refractivity contribution in [1.29, 1.82) is 0 Å². The molecule has 0 aliphatic heterocycles. The highest BCUT2D eigenvalue weighted by molar-refractivity contribution is 5.48. The summed E-state index contributed by atoms with van der Waals surface area (Å²) in [6, 6.07) is 0.142. The van der Waals surface area contributed by atoms with Crippen molar-refractivity contribution in [2.75, 3.05) is 32.2 Å². The monoisotopic (exact) mass is 254 g/mol. The van der Waals surface area contributed by atoms with E-state index in [4.69, 9.17) is 15.2 Å². The molecule has 0 fully saturated rings. The lowest BCUT2D eigenvalue weighted by molar-refractivity contribution is 0.183. The van der Waals surface area contributed by atoms with Crippen LogP contribution < -0.4 is 15.8 Å². The minimum Gasteiger partial charge on any atom is -0.478 e. The summed E-state index contributed by atoms with van der Waals surface area (Å²) in [7, 11) is 1.67. The Morgan fingerprint density at radius 1 is 1.44 bits per heavy atom. The van der Waals surface area contributed by atoms with E-state index in [1.807, 2.05) is 13.8 Å². The molecule has 0 spiro atoms. The van der Waals surface area contributed by atoms with Crippen molar-refractivity contribution in [3.05, 3.63) is 11.9 Å². The lowest BCUT2D eigenvalue weighted by Gasteiger charge is -2.19. The molecule has 0 radical (unpaired) electrons. The molecule has 0 bridgehead atoms. The SMILES string of the molecule is CCOc1ncnc(NC(CCN)COC)c1C. The number of aromatic nitrogens is 2. The van der Waals surface area contributed by atoms with Gasteiger partial charge in [-0.2, -0.15) is 0 Å². The molecule has 1 aromatic heterocycles. The van der Waals surface area contributed by atoms with Crippen molar-refractivity contribution in [2.24, 2.45) is 5.73 Å². The number of ether oxygens (including phenoxy) is 2. The van der Waals surface area contributed by atoms with Gasteiger partial charge >= 0.3 is 0 Å². The second kappa shape index (κ2) is 7.84. The predicted molar refractivity (Wildman–Crippen MR) is 70.9 cm³/mol. The Morgan fingerprint density at radius 2 is 2.22 bits per heavy atom. The van der Waals surface area contributed by atoms with Gasteiger partial charge in [-0.25, -0.2) is 9.97 Å². The van der Waals surface area contributed by atoms with Gasteiger partial charge in [0.2, 0.25) is 5.88 Å². The van der Waals surface area contributed by atoms with E-state index in [0.717, 1.165) is 17.8 Å². The maximum atomic E-state index is 5.58. The van der Waals surface area contributed by atoms with E-state index in [1.54, 1.807) is 7.11 Å². The number of nitrogens with two attached hydrogens (primary N) is 1. The Morgan fingerprint density at radius 3 is 2.83 bits per heavy atom. The highest BCUT2D eigenvalue weighted by Gasteiger charge is 2.12. The summed E-state index contributed by atoms with van der Waals surface area (Å²) in [6.07, 6.45) is 2.31. The zero-order valence-corrected chi connectivity index (χ0v) is 11.3. The third-order valence-electron chi connectivity index (χ3n) is 2.54. The number of hydrogen-bond donors (Lipinski definition) is 2. The van der Waals surface area contributed by atoms with Crippen molar-refractivity contribution in [2.45, 2.75) is 26.3 Å². The van der Waals surface area contributed by atoms with Crippen molar-refractivity contribution < 1.29 is 9.47 Å². The van der Waals surface area contributed by atoms with Gasteiger partial charge in [0.1, 0.15) is 12.1 Å². The zero-order chi connectivity index (χ0) is 13.4. The molecule has 0 aliphatic carbocycles. The molecule has 1 rings (SSSR count). The molecule has 0 aromatic carbocycles. The van der Waals surface area contributed by atoms with E-state index in [1.165, 1.54) is 6.33 Å². The van der Waals surface area contributed by atoms with Gasteiger partial charge in [-0.05, 0) is 26.8 Å². The number of methoxy groups -OCH3 is 1. The number of nitrogens with zero attached hydrogens (tertiary/aromatic N) is 2. The summed E-state index contributed by atoms with van der Waals surface area (Å²) in [5.41, 5.74) is 6.48. The average molecular weight is 254 g/mol. The van der Waals surface area contributed by atoms with E-state index in [9.17, 15) is 0 Å². The molecule has 1 aromatic rings. The number of nitrogens with one attached hydrogen (secondary N) is 1. The van der Waals surface area contributed by atoms with Crippen LogP contribution in [-0.4, -0.2) is 42.9 Å². The summed E-state index contributed by atoms with van der Waals surface area (Å²) in [6.45, 7) is 5.63. The molecule has 3 N–H and O–H groups in total. The van der Waals surface area contributed by atoms with E-state index >= 15 is 0 Å². The maximum Gasteiger partial charge on any atom is 0.221 e. The molecular formula is C12H22N4O2. The van der Waals surface area contributed by atoms with E-state index in [-0.39, 0.29) is 6.04 Å². The van der Waals surface area contributed by atoms with Crippen LogP contribution in [0.4, 0.5) is 5.82 Å². The fourth-order valence-corrected chi connectivity index (χ4v) is 1.65. The number of hydrogen-bond acceptors (Lipinski definition) is 6. The molecule has 0 saturated carbocycles. The van der Waals surface area contributed by atoms with Crippen molar-refractivity contribution in [3.63, 3.8) is 0 Å². The van der Waals surface area contributed by atoms with Crippen LogP contribution in [-0.2, 0) is 4.74 Å². The molecule has 0 aliphatic rings. The predicted octanol–water partition coefficient (Wildman–Crippen LogP) is 0.959. The van der Waals surface area contributed by atoms with E-state index in [2.05, 4.69) is 15.3 Å². The van der Waals surface area contributed by atoms with Gasteiger partial charge < -0.3 is 20.5 Å². The minimum absolute atomic E-state index is 0.142. The Hall–Kier alpha value is -1.40. The Kier molecular flexibility index (Phi) is 6.38. The summed E-state index contributed by atoms with van der Waals surface area (Å²) in [5, 5.41) is 3.31. The Balaban J connectivity index is 2.78. The van der Waals surface area contributed by atoms with Crippen LogP contribution in [0.2, 0.25) is 0 Å². The van der Waals surface area contributed by atoms with Crippen molar-refractivity contribution >= 4 is 5.82 Å². The summed E-state index contributed by atoms with van der Waals surface area (Å²) < 4.78 is 10.6. The van der Waals surface area contributed by atoms with Crippen LogP contribution in [0.15, 0.2) is 6.33 Å². The average Bonchev–Trinajstić information content (AvgIpc) is 2.35. The quantitative estimate of drug-likeness (QED) is 0.719. The molecule has 1 unspecified atom stereocenters. The highest BCUT2D eigenvalue weighted by Crippen LogP contribution is 2.21. The van der Waals surface area contributed by atoms with Gasteiger partial charge in [0, 0.05) is 7.11 Å². The van der Waals surface area contributed by atoms with Crippen LogP contribution >= 0.6 is 0 Å². The van der Waals surface area contributed by atoms with Gasteiger partial charge in [0.15, 0.2) is 0 Å². The fourth-order valence-electron chi connectivity index (χ4n) is 1.65. The summed E-state index contributed by atoms with van der Waals surface area (Å²) >= 11 is 0. The first-order chi connectivity index (χ1) is 8.72. The van der Waals surface area contributed by atoms with Gasteiger partial charge in [-0.15, -0.1) is 0 Å². The topological polar surface area (TPSA) is 82.3 Å². The zero-order valence-electron chi connectivity index (χ0n) is 11.3. The smallest absolute Gasteiger partial charge is 0.221 e. The van der Waals surface area contributed by atoms with E-state index < -0.39 is 0 Å². The van der Waals surface area contributed by atoms with E-state index in [0.29, 0.717) is 25.6 Å². The van der Waals surface area contributed by atoms with Crippen LogP contribution in [0.1, 0.15) is 18.9 Å². The first-order valence-electron chi connectivity index (χ1n) is 6.12. The van der Waals surface area contributed by atoms with Gasteiger partial charge in [0.25, 0.3) is 0 Å². The van der Waals surface area contributed by atoms with Crippen molar-refractivity contribution in [3.8, 4) is 5.88 Å². The van der Waals surface area contributed by atoms with Crippen molar-refractivity contribution in [1.82, 2.24) is 9.97 Å². The Bertz CT molecular complexity index is 354. The molecule has 18 heavy (non-hydrogen) atoms. The Labute approximate surface area is 108 Å².